The van der Waals surface area contributed by atoms with Crippen molar-refractivity contribution in [2.24, 2.45) is 0 Å². The summed E-state index contributed by atoms with van der Waals surface area (Å²) in [6, 6.07) is 15.2. The van der Waals surface area contributed by atoms with Crippen molar-refractivity contribution in [1.82, 2.24) is 9.80 Å². The van der Waals surface area contributed by atoms with E-state index in [0.29, 0.717) is 24.3 Å². The number of amides is 2. The second kappa shape index (κ2) is 8.68. The second-order valence-corrected chi connectivity index (χ2v) is 6.72. The summed E-state index contributed by atoms with van der Waals surface area (Å²) >= 11 is 0. The van der Waals surface area contributed by atoms with Gasteiger partial charge in [0.25, 0.3) is 0 Å². The Hall–Kier alpha value is -2.86. The number of carbonyl (C=O) groups is 2. The summed E-state index contributed by atoms with van der Waals surface area (Å²) < 4.78 is 4.77. The van der Waals surface area contributed by atoms with Gasteiger partial charge in [-0.3, -0.25) is 4.90 Å². The van der Waals surface area contributed by atoms with Gasteiger partial charge in [-0.05, 0) is 24.6 Å². The zero-order chi connectivity index (χ0) is 19.2. The molecule has 27 heavy (non-hydrogen) atoms. The predicted octanol–water partition coefficient (Wildman–Crippen LogP) is 3.13. The maximum Gasteiger partial charge on any atom is 0.339 e. The van der Waals surface area contributed by atoms with Crippen LogP contribution in [0, 0.1) is 6.92 Å². The standard InChI is InChI=1S/C21H25N3O3/c1-16-6-5-7-17(14-16)15-23-10-12-24(13-11-23)21(26)22-19-9-4-3-8-18(19)20(25)27-2/h3-9,14H,10-13,15H2,1-2H3,(H,22,26). The third-order valence-electron chi connectivity index (χ3n) is 4.72. The molecule has 142 valence electrons. The molecule has 3 rings (SSSR count). The fourth-order valence-electron chi connectivity index (χ4n) is 3.25. The summed E-state index contributed by atoms with van der Waals surface area (Å²) in [4.78, 5) is 28.5. The Morgan fingerprint density at radius 3 is 2.48 bits per heavy atom. The fraction of sp³-hybridized carbons (Fsp3) is 0.333. The minimum Gasteiger partial charge on any atom is -0.465 e. The van der Waals surface area contributed by atoms with Crippen LogP contribution in [0.15, 0.2) is 48.5 Å². The Labute approximate surface area is 159 Å². The topological polar surface area (TPSA) is 61.9 Å². The summed E-state index contributed by atoms with van der Waals surface area (Å²) in [5.41, 5.74) is 3.37. The van der Waals surface area contributed by atoms with Crippen LogP contribution in [0.3, 0.4) is 0 Å². The third-order valence-corrected chi connectivity index (χ3v) is 4.72. The Bertz CT molecular complexity index is 814. The van der Waals surface area contributed by atoms with Gasteiger partial charge in [-0.2, -0.15) is 0 Å². The van der Waals surface area contributed by atoms with Crippen LogP contribution in [0.4, 0.5) is 10.5 Å². The SMILES string of the molecule is COC(=O)c1ccccc1NC(=O)N1CCN(Cc2cccc(C)c2)CC1. The van der Waals surface area contributed by atoms with Crippen molar-refractivity contribution in [3.63, 3.8) is 0 Å². The molecule has 0 spiro atoms. The normalized spacial score (nSPS) is 14.7. The summed E-state index contributed by atoms with van der Waals surface area (Å²) in [5, 5.41) is 2.84. The highest BCUT2D eigenvalue weighted by Crippen LogP contribution is 2.17. The number of urea groups is 1. The lowest BCUT2D eigenvalue weighted by Gasteiger charge is -2.34. The molecule has 2 aromatic carbocycles. The van der Waals surface area contributed by atoms with Gasteiger partial charge in [0, 0.05) is 32.7 Å². The first-order valence-corrected chi connectivity index (χ1v) is 9.08. The van der Waals surface area contributed by atoms with Crippen molar-refractivity contribution in [3.8, 4) is 0 Å². The highest BCUT2D eigenvalue weighted by atomic mass is 16.5. The molecular formula is C21H25N3O3. The van der Waals surface area contributed by atoms with E-state index in [0.717, 1.165) is 19.6 Å². The minimum absolute atomic E-state index is 0.193. The molecule has 0 aromatic heterocycles. The molecule has 0 unspecified atom stereocenters. The van der Waals surface area contributed by atoms with Gasteiger partial charge < -0.3 is 15.0 Å². The molecule has 2 amide bonds. The Balaban J connectivity index is 1.55. The molecule has 0 atom stereocenters. The van der Waals surface area contributed by atoms with Crippen LogP contribution in [0.5, 0.6) is 0 Å². The van der Waals surface area contributed by atoms with Gasteiger partial charge in [0.2, 0.25) is 0 Å². The number of para-hydroxylation sites is 1. The van der Waals surface area contributed by atoms with Gasteiger partial charge in [0.1, 0.15) is 0 Å². The van der Waals surface area contributed by atoms with Gasteiger partial charge >= 0.3 is 12.0 Å². The third kappa shape index (κ3) is 4.86. The monoisotopic (exact) mass is 367 g/mol. The zero-order valence-corrected chi connectivity index (χ0v) is 15.8. The van der Waals surface area contributed by atoms with Crippen molar-refractivity contribution >= 4 is 17.7 Å². The van der Waals surface area contributed by atoms with Crippen molar-refractivity contribution < 1.29 is 14.3 Å². The largest absolute Gasteiger partial charge is 0.465 e. The number of hydrogen-bond acceptors (Lipinski definition) is 4. The number of esters is 1. The Morgan fingerprint density at radius 2 is 1.78 bits per heavy atom. The number of nitrogens with zero attached hydrogens (tertiary/aromatic N) is 2. The highest BCUT2D eigenvalue weighted by molar-refractivity contribution is 6.00. The first kappa shape index (κ1) is 18.9. The molecule has 1 aliphatic rings. The Morgan fingerprint density at radius 1 is 1.04 bits per heavy atom. The molecule has 0 saturated carbocycles. The molecule has 1 aliphatic heterocycles. The molecule has 6 heteroatoms. The van der Waals surface area contributed by atoms with Crippen molar-refractivity contribution in [2.75, 3.05) is 38.6 Å². The molecule has 2 aromatic rings. The van der Waals surface area contributed by atoms with E-state index in [1.807, 2.05) is 0 Å². The van der Waals surface area contributed by atoms with Crippen LogP contribution in [-0.2, 0) is 11.3 Å². The average molecular weight is 367 g/mol. The number of aryl methyl sites for hydroxylation is 1. The number of piperazine rings is 1. The van der Waals surface area contributed by atoms with E-state index in [9.17, 15) is 9.59 Å². The Kier molecular flexibility index (Phi) is 6.08. The summed E-state index contributed by atoms with van der Waals surface area (Å²) in [7, 11) is 1.33. The van der Waals surface area contributed by atoms with Crippen LogP contribution >= 0.6 is 0 Å². The van der Waals surface area contributed by atoms with E-state index >= 15 is 0 Å². The summed E-state index contributed by atoms with van der Waals surface area (Å²) in [6.45, 7) is 5.93. The quantitative estimate of drug-likeness (QED) is 0.844. The summed E-state index contributed by atoms with van der Waals surface area (Å²) in [5.74, 6) is -0.464. The molecule has 6 nitrogen and oxygen atoms in total. The fourth-order valence-corrected chi connectivity index (χ4v) is 3.25. The van der Waals surface area contributed by atoms with Crippen LogP contribution in [0.2, 0.25) is 0 Å². The van der Waals surface area contributed by atoms with Crippen LogP contribution in [0.1, 0.15) is 21.5 Å². The van der Waals surface area contributed by atoms with E-state index < -0.39 is 5.97 Å². The number of methoxy groups -OCH3 is 1. The average Bonchev–Trinajstić information content (AvgIpc) is 2.68. The molecule has 1 heterocycles. The maximum absolute atomic E-state index is 12.6. The number of benzene rings is 2. The minimum atomic E-state index is -0.464. The first-order valence-electron chi connectivity index (χ1n) is 9.08. The van der Waals surface area contributed by atoms with Gasteiger partial charge in [-0.25, -0.2) is 9.59 Å². The molecule has 1 N–H and O–H groups in total. The van der Waals surface area contributed by atoms with E-state index in [1.54, 1.807) is 29.2 Å². The van der Waals surface area contributed by atoms with E-state index in [4.69, 9.17) is 4.74 Å². The number of anilines is 1. The van der Waals surface area contributed by atoms with Gasteiger partial charge in [-0.15, -0.1) is 0 Å². The smallest absolute Gasteiger partial charge is 0.339 e. The van der Waals surface area contributed by atoms with Crippen LogP contribution in [0.25, 0.3) is 0 Å². The molecule has 0 radical (unpaired) electrons. The van der Waals surface area contributed by atoms with Crippen molar-refractivity contribution in [3.05, 3.63) is 65.2 Å². The van der Waals surface area contributed by atoms with E-state index in [1.165, 1.54) is 18.2 Å². The van der Waals surface area contributed by atoms with Crippen LogP contribution < -0.4 is 5.32 Å². The first-order chi connectivity index (χ1) is 13.1. The van der Waals surface area contributed by atoms with Gasteiger partial charge in [0.15, 0.2) is 0 Å². The second-order valence-electron chi connectivity index (χ2n) is 6.72. The zero-order valence-electron chi connectivity index (χ0n) is 15.8. The lowest BCUT2D eigenvalue weighted by Crippen LogP contribution is -2.49. The lowest BCUT2D eigenvalue weighted by atomic mass is 10.1. The lowest BCUT2D eigenvalue weighted by molar-refractivity contribution is 0.0602. The van der Waals surface area contributed by atoms with Crippen LogP contribution in [-0.4, -0.2) is 55.1 Å². The van der Waals surface area contributed by atoms with E-state index in [-0.39, 0.29) is 6.03 Å². The number of ether oxygens (including phenoxy) is 1. The predicted molar refractivity (Wildman–Crippen MR) is 105 cm³/mol. The maximum atomic E-state index is 12.6. The van der Waals surface area contributed by atoms with Gasteiger partial charge in [-0.1, -0.05) is 42.0 Å². The summed E-state index contributed by atoms with van der Waals surface area (Å²) in [6.07, 6.45) is 0. The molecule has 1 fully saturated rings. The van der Waals surface area contributed by atoms with Crippen molar-refractivity contribution in [1.29, 1.82) is 0 Å². The number of rotatable bonds is 4. The number of nitrogens with one attached hydrogen (secondary N) is 1. The molecular weight excluding hydrogens is 342 g/mol. The number of hydrogen-bond donors (Lipinski definition) is 1. The molecule has 0 aliphatic carbocycles. The van der Waals surface area contributed by atoms with E-state index in [2.05, 4.69) is 41.4 Å². The molecule has 0 bridgehead atoms. The highest BCUT2D eigenvalue weighted by Gasteiger charge is 2.22. The molecule has 1 saturated heterocycles. The van der Waals surface area contributed by atoms with Crippen molar-refractivity contribution in [2.45, 2.75) is 13.5 Å². The van der Waals surface area contributed by atoms with Gasteiger partial charge in [0.05, 0.1) is 18.4 Å². The number of carbonyl (C=O) groups excluding carboxylic acids is 2.